The monoisotopic (exact) mass is 330 g/mol. The number of thioether (sulfide) groups is 1. The number of aryl methyl sites for hydroxylation is 1. The maximum absolute atomic E-state index is 11.0. The average Bonchev–Trinajstić information content (AvgIpc) is 2.72. The summed E-state index contributed by atoms with van der Waals surface area (Å²) >= 11 is 13.3. The zero-order valence-corrected chi connectivity index (χ0v) is 13.0. The van der Waals surface area contributed by atoms with Crippen molar-refractivity contribution in [2.75, 3.05) is 0 Å². The Kier molecular flexibility index (Phi) is 4.91. The Labute approximate surface area is 130 Å². The minimum Gasteiger partial charge on any atom is -0.368 e. The molecule has 0 radical (unpaired) electrons. The highest BCUT2D eigenvalue weighted by atomic mass is 35.5. The van der Waals surface area contributed by atoms with Gasteiger partial charge in [0.15, 0.2) is 5.16 Å². The van der Waals surface area contributed by atoms with Crippen LogP contribution in [0, 0.1) is 6.92 Å². The number of hydrogen-bond donors (Lipinski definition) is 1. The van der Waals surface area contributed by atoms with Crippen molar-refractivity contribution in [1.29, 1.82) is 0 Å². The molecule has 2 N–H and O–H groups in total. The molecule has 0 unspecified atom stereocenters. The number of amides is 1. The second-order valence-corrected chi connectivity index (χ2v) is 5.88. The van der Waals surface area contributed by atoms with E-state index in [4.69, 9.17) is 28.9 Å². The standard InChI is InChI=1S/C12H12Cl2N4OS/c1-7-16-17-12(18(7)5-11(15)19)20-6-8-2-3-9(13)10(14)4-8/h2-4H,5-6H2,1H3,(H2,15,19). The maximum Gasteiger partial charge on any atom is 0.237 e. The summed E-state index contributed by atoms with van der Waals surface area (Å²) < 4.78 is 1.69. The third-order valence-corrected chi connectivity index (χ3v) is 4.34. The molecule has 0 spiro atoms. The molecule has 1 amide bonds. The average molecular weight is 331 g/mol. The lowest BCUT2D eigenvalue weighted by molar-refractivity contribution is -0.118. The van der Waals surface area contributed by atoms with E-state index in [2.05, 4.69) is 10.2 Å². The first-order valence-electron chi connectivity index (χ1n) is 5.72. The summed E-state index contributed by atoms with van der Waals surface area (Å²) in [6.45, 7) is 1.85. The first kappa shape index (κ1) is 15.2. The summed E-state index contributed by atoms with van der Waals surface area (Å²) in [5.41, 5.74) is 6.22. The van der Waals surface area contributed by atoms with Crippen LogP contribution < -0.4 is 5.73 Å². The van der Waals surface area contributed by atoms with Crippen LogP contribution in [0.4, 0.5) is 0 Å². The van der Waals surface area contributed by atoms with Crippen LogP contribution in [-0.4, -0.2) is 20.7 Å². The van der Waals surface area contributed by atoms with Gasteiger partial charge in [0.05, 0.1) is 10.0 Å². The van der Waals surface area contributed by atoms with Gasteiger partial charge < -0.3 is 5.73 Å². The second-order valence-electron chi connectivity index (χ2n) is 4.12. The van der Waals surface area contributed by atoms with E-state index in [0.717, 1.165) is 5.56 Å². The Hall–Kier alpha value is -1.24. The molecular formula is C12H12Cl2N4OS. The molecule has 1 aromatic carbocycles. The minimum atomic E-state index is -0.427. The number of primary amides is 1. The quantitative estimate of drug-likeness (QED) is 0.855. The molecule has 0 aliphatic heterocycles. The fraction of sp³-hybridized carbons (Fsp3) is 0.250. The summed E-state index contributed by atoms with van der Waals surface area (Å²) in [4.78, 5) is 11.0. The van der Waals surface area contributed by atoms with Gasteiger partial charge in [-0.3, -0.25) is 9.36 Å². The molecule has 0 saturated heterocycles. The second kappa shape index (κ2) is 6.47. The molecule has 0 aliphatic carbocycles. The van der Waals surface area contributed by atoms with Gasteiger partial charge in [-0.05, 0) is 24.6 Å². The van der Waals surface area contributed by atoms with Gasteiger partial charge in [0.1, 0.15) is 12.4 Å². The number of halogens is 2. The van der Waals surface area contributed by atoms with Crippen molar-refractivity contribution in [2.45, 2.75) is 24.4 Å². The van der Waals surface area contributed by atoms with Crippen molar-refractivity contribution in [3.8, 4) is 0 Å². The Balaban J connectivity index is 2.10. The van der Waals surface area contributed by atoms with E-state index in [-0.39, 0.29) is 6.54 Å². The predicted molar refractivity (Wildman–Crippen MR) is 80.0 cm³/mol. The fourth-order valence-corrected chi connectivity index (χ4v) is 2.83. The van der Waals surface area contributed by atoms with E-state index < -0.39 is 5.91 Å². The first-order valence-corrected chi connectivity index (χ1v) is 7.46. The molecule has 106 valence electrons. The van der Waals surface area contributed by atoms with Gasteiger partial charge >= 0.3 is 0 Å². The first-order chi connectivity index (χ1) is 9.47. The Morgan fingerprint density at radius 1 is 1.35 bits per heavy atom. The van der Waals surface area contributed by atoms with Crippen molar-refractivity contribution in [3.05, 3.63) is 39.6 Å². The van der Waals surface area contributed by atoms with Crippen molar-refractivity contribution in [3.63, 3.8) is 0 Å². The van der Waals surface area contributed by atoms with Gasteiger partial charge in [0, 0.05) is 5.75 Å². The van der Waals surface area contributed by atoms with Crippen LogP contribution in [0.25, 0.3) is 0 Å². The molecule has 2 rings (SSSR count). The van der Waals surface area contributed by atoms with Crippen molar-refractivity contribution < 1.29 is 4.79 Å². The van der Waals surface area contributed by atoms with Gasteiger partial charge in [-0.1, -0.05) is 41.0 Å². The highest BCUT2D eigenvalue weighted by Crippen LogP contribution is 2.27. The van der Waals surface area contributed by atoms with E-state index in [0.29, 0.717) is 26.8 Å². The molecule has 1 heterocycles. The van der Waals surface area contributed by atoms with Crippen LogP contribution in [0.5, 0.6) is 0 Å². The van der Waals surface area contributed by atoms with E-state index in [1.165, 1.54) is 11.8 Å². The molecule has 8 heteroatoms. The molecule has 1 aromatic heterocycles. The molecule has 0 saturated carbocycles. The zero-order chi connectivity index (χ0) is 14.7. The predicted octanol–water partition coefficient (Wildman–Crippen LogP) is 2.67. The summed E-state index contributed by atoms with van der Waals surface area (Å²) in [6.07, 6.45) is 0. The van der Waals surface area contributed by atoms with Gasteiger partial charge in [-0.2, -0.15) is 0 Å². The summed E-state index contributed by atoms with van der Waals surface area (Å²) in [7, 11) is 0. The van der Waals surface area contributed by atoms with Gasteiger partial charge in [0.25, 0.3) is 0 Å². The lowest BCUT2D eigenvalue weighted by atomic mass is 10.2. The van der Waals surface area contributed by atoms with Gasteiger partial charge in [0.2, 0.25) is 5.91 Å². The number of rotatable bonds is 5. The summed E-state index contributed by atoms with van der Waals surface area (Å²) in [6, 6.07) is 5.45. The molecule has 0 atom stereocenters. The third-order valence-electron chi connectivity index (χ3n) is 2.57. The highest BCUT2D eigenvalue weighted by Gasteiger charge is 2.11. The molecular weight excluding hydrogens is 319 g/mol. The lowest BCUT2D eigenvalue weighted by Gasteiger charge is -2.06. The maximum atomic E-state index is 11.0. The molecule has 5 nitrogen and oxygen atoms in total. The van der Waals surface area contributed by atoms with Crippen LogP contribution in [0.3, 0.4) is 0 Å². The molecule has 0 aliphatic rings. The highest BCUT2D eigenvalue weighted by molar-refractivity contribution is 7.98. The number of benzene rings is 1. The van der Waals surface area contributed by atoms with Crippen molar-refractivity contribution >= 4 is 40.9 Å². The third kappa shape index (κ3) is 3.65. The number of carbonyl (C=O) groups is 1. The Morgan fingerprint density at radius 3 is 2.75 bits per heavy atom. The van der Waals surface area contributed by atoms with Crippen molar-refractivity contribution in [2.24, 2.45) is 5.73 Å². The van der Waals surface area contributed by atoms with E-state index in [9.17, 15) is 4.79 Å². The van der Waals surface area contributed by atoms with Gasteiger partial charge in [-0.25, -0.2) is 0 Å². The van der Waals surface area contributed by atoms with Crippen LogP contribution in [0.2, 0.25) is 10.0 Å². The smallest absolute Gasteiger partial charge is 0.237 e. The van der Waals surface area contributed by atoms with E-state index >= 15 is 0 Å². The number of nitrogens with two attached hydrogens (primary N) is 1. The lowest BCUT2D eigenvalue weighted by Crippen LogP contribution is -2.20. The summed E-state index contributed by atoms with van der Waals surface area (Å²) in [5.74, 6) is 0.873. The van der Waals surface area contributed by atoms with Gasteiger partial charge in [-0.15, -0.1) is 10.2 Å². The topological polar surface area (TPSA) is 73.8 Å². The van der Waals surface area contributed by atoms with E-state index in [1.807, 2.05) is 6.07 Å². The van der Waals surface area contributed by atoms with Crippen LogP contribution >= 0.6 is 35.0 Å². The normalized spacial score (nSPS) is 10.8. The number of hydrogen-bond acceptors (Lipinski definition) is 4. The molecule has 0 bridgehead atoms. The molecule has 0 fully saturated rings. The fourth-order valence-electron chi connectivity index (χ4n) is 1.58. The molecule has 2 aromatic rings. The zero-order valence-electron chi connectivity index (χ0n) is 10.6. The Bertz CT molecular complexity index is 644. The number of carbonyl (C=O) groups excluding carboxylic acids is 1. The Morgan fingerprint density at radius 2 is 2.10 bits per heavy atom. The largest absolute Gasteiger partial charge is 0.368 e. The van der Waals surface area contributed by atoms with Crippen LogP contribution in [0.15, 0.2) is 23.4 Å². The van der Waals surface area contributed by atoms with Crippen LogP contribution in [-0.2, 0) is 17.1 Å². The summed E-state index contributed by atoms with van der Waals surface area (Å²) in [5, 5.41) is 9.66. The molecule has 20 heavy (non-hydrogen) atoms. The SMILES string of the molecule is Cc1nnc(SCc2ccc(Cl)c(Cl)c2)n1CC(N)=O. The number of nitrogens with zero attached hydrogens (tertiary/aromatic N) is 3. The van der Waals surface area contributed by atoms with Crippen LogP contribution in [0.1, 0.15) is 11.4 Å². The van der Waals surface area contributed by atoms with Crippen molar-refractivity contribution in [1.82, 2.24) is 14.8 Å². The minimum absolute atomic E-state index is 0.0720. The van der Waals surface area contributed by atoms with E-state index in [1.54, 1.807) is 23.6 Å². The number of aromatic nitrogens is 3.